The Labute approximate surface area is 190 Å². The van der Waals surface area contributed by atoms with Crippen LogP contribution in [0.5, 0.6) is 0 Å². The fraction of sp³-hybridized carbons (Fsp3) is 0. The summed E-state index contributed by atoms with van der Waals surface area (Å²) >= 11 is 0. The lowest BCUT2D eigenvalue weighted by Gasteiger charge is -2.14. The molecular weight excluding hydrogens is 404 g/mol. The SMILES string of the molecule is Nc1cccc2oc3ccc(-c4ccccc4-n4c5ccccc5c5ccccc54)cc3c12. The van der Waals surface area contributed by atoms with E-state index in [1.807, 2.05) is 24.3 Å². The van der Waals surface area contributed by atoms with Crippen LogP contribution < -0.4 is 5.73 Å². The molecule has 0 aliphatic rings. The van der Waals surface area contributed by atoms with Crippen LogP contribution in [-0.4, -0.2) is 4.57 Å². The predicted molar refractivity (Wildman–Crippen MR) is 138 cm³/mol. The summed E-state index contributed by atoms with van der Waals surface area (Å²) in [6.45, 7) is 0. The van der Waals surface area contributed by atoms with E-state index in [-0.39, 0.29) is 0 Å². The van der Waals surface area contributed by atoms with E-state index in [1.54, 1.807) is 0 Å². The summed E-state index contributed by atoms with van der Waals surface area (Å²) in [5, 5.41) is 4.53. The topological polar surface area (TPSA) is 44.1 Å². The Morgan fingerprint density at radius 3 is 2.06 bits per heavy atom. The Kier molecular flexibility index (Phi) is 3.70. The van der Waals surface area contributed by atoms with E-state index in [2.05, 4.69) is 89.5 Å². The molecule has 0 aliphatic heterocycles. The van der Waals surface area contributed by atoms with Crippen LogP contribution in [0.25, 0.3) is 60.6 Å². The third kappa shape index (κ3) is 2.56. The molecule has 3 nitrogen and oxygen atoms in total. The largest absolute Gasteiger partial charge is 0.456 e. The highest BCUT2D eigenvalue weighted by Gasteiger charge is 2.16. The number of hydrogen-bond donors (Lipinski definition) is 1. The van der Waals surface area contributed by atoms with Crippen LogP contribution in [0.15, 0.2) is 114 Å². The van der Waals surface area contributed by atoms with E-state index in [9.17, 15) is 0 Å². The molecule has 156 valence electrons. The first-order valence-corrected chi connectivity index (χ1v) is 11.1. The van der Waals surface area contributed by atoms with Gasteiger partial charge in [0.05, 0.1) is 22.1 Å². The lowest BCUT2D eigenvalue weighted by Crippen LogP contribution is -1.96. The minimum atomic E-state index is 0.735. The quantitative estimate of drug-likeness (QED) is 0.286. The highest BCUT2D eigenvalue weighted by molar-refractivity contribution is 6.12. The molecule has 0 amide bonds. The number of anilines is 1. The molecule has 0 radical (unpaired) electrons. The molecule has 0 saturated heterocycles. The van der Waals surface area contributed by atoms with Crippen molar-refractivity contribution in [1.82, 2.24) is 4.57 Å². The van der Waals surface area contributed by atoms with E-state index < -0.39 is 0 Å². The molecule has 7 rings (SSSR count). The molecule has 0 atom stereocenters. The zero-order valence-electron chi connectivity index (χ0n) is 17.8. The fourth-order valence-corrected chi connectivity index (χ4v) is 5.12. The van der Waals surface area contributed by atoms with Gasteiger partial charge >= 0.3 is 0 Å². The second kappa shape index (κ2) is 6.75. The Balaban J connectivity index is 1.55. The van der Waals surface area contributed by atoms with Crippen molar-refractivity contribution in [2.24, 2.45) is 0 Å². The zero-order chi connectivity index (χ0) is 21.9. The molecule has 0 spiro atoms. The standard InChI is InChI=1S/C30H20N2O/c31-24-11-7-15-29-30(24)23-18-19(16-17-28(23)33-29)20-8-1-4-12-25(20)32-26-13-5-2-9-21(26)22-10-3-6-14-27(22)32/h1-18H,31H2. The Morgan fingerprint density at radius 1 is 0.576 bits per heavy atom. The van der Waals surface area contributed by atoms with E-state index in [1.165, 1.54) is 21.8 Å². The van der Waals surface area contributed by atoms with E-state index in [0.29, 0.717) is 0 Å². The summed E-state index contributed by atoms with van der Waals surface area (Å²) in [5.74, 6) is 0. The Bertz CT molecular complexity index is 1780. The predicted octanol–water partition coefficient (Wildman–Crippen LogP) is 7.93. The number of furan rings is 1. The van der Waals surface area contributed by atoms with Gasteiger partial charge in [-0.05, 0) is 48.0 Å². The van der Waals surface area contributed by atoms with Gasteiger partial charge in [-0.2, -0.15) is 0 Å². The molecule has 0 bridgehead atoms. The minimum Gasteiger partial charge on any atom is -0.456 e. The smallest absolute Gasteiger partial charge is 0.137 e. The van der Waals surface area contributed by atoms with Gasteiger partial charge in [0.25, 0.3) is 0 Å². The van der Waals surface area contributed by atoms with Crippen molar-refractivity contribution in [2.75, 3.05) is 5.73 Å². The van der Waals surface area contributed by atoms with E-state index in [4.69, 9.17) is 10.2 Å². The van der Waals surface area contributed by atoms with Crippen molar-refractivity contribution in [3.63, 3.8) is 0 Å². The third-order valence-electron chi connectivity index (χ3n) is 6.56. The number of fused-ring (bicyclic) bond motifs is 6. The van der Waals surface area contributed by atoms with Gasteiger partial charge in [-0.15, -0.1) is 0 Å². The number of aromatic nitrogens is 1. The summed E-state index contributed by atoms with van der Waals surface area (Å²) in [4.78, 5) is 0. The molecule has 0 aliphatic carbocycles. The molecule has 0 unspecified atom stereocenters. The maximum absolute atomic E-state index is 6.32. The van der Waals surface area contributed by atoms with E-state index in [0.717, 1.165) is 44.4 Å². The first kappa shape index (κ1) is 18.1. The summed E-state index contributed by atoms with van der Waals surface area (Å²) in [6.07, 6.45) is 0. The number of nitrogen functional groups attached to an aromatic ring is 1. The zero-order valence-corrected chi connectivity index (χ0v) is 17.8. The van der Waals surface area contributed by atoms with Gasteiger partial charge in [-0.3, -0.25) is 0 Å². The average Bonchev–Trinajstić information content (AvgIpc) is 3.40. The van der Waals surface area contributed by atoms with Crippen LogP contribution in [0, 0.1) is 0 Å². The lowest BCUT2D eigenvalue weighted by atomic mass is 10.0. The number of para-hydroxylation sites is 3. The normalized spacial score (nSPS) is 11.8. The van der Waals surface area contributed by atoms with Gasteiger partial charge in [-0.1, -0.05) is 66.7 Å². The Morgan fingerprint density at radius 2 is 1.27 bits per heavy atom. The first-order valence-electron chi connectivity index (χ1n) is 11.1. The molecule has 0 fully saturated rings. The molecule has 2 heterocycles. The van der Waals surface area contributed by atoms with Crippen molar-refractivity contribution < 1.29 is 4.42 Å². The van der Waals surface area contributed by atoms with Crippen molar-refractivity contribution in [3.8, 4) is 16.8 Å². The van der Waals surface area contributed by atoms with Gasteiger partial charge in [0.2, 0.25) is 0 Å². The maximum atomic E-state index is 6.32. The van der Waals surface area contributed by atoms with Crippen molar-refractivity contribution >= 4 is 49.4 Å². The van der Waals surface area contributed by atoms with Gasteiger partial charge in [0.1, 0.15) is 11.2 Å². The van der Waals surface area contributed by atoms with Crippen LogP contribution in [0.2, 0.25) is 0 Å². The van der Waals surface area contributed by atoms with Crippen molar-refractivity contribution in [2.45, 2.75) is 0 Å². The molecule has 7 aromatic rings. The van der Waals surface area contributed by atoms with Crippen molar-refractivity contribution in [3.05, 3.63) is 109 Å². The van der Waals surface area contributed by atoms with Crippen molar-refractivity contribution in [1.29, 1.82) is 0 Å². The Hall–Kier alpha value is -4.50. The highest BCUT2D eigenvalue weighted by atomic mass is 16.3. The van der Waals surface area contributed by atoms with Crippen LogP contribution in [-0.2, 0) is 0 Å². The summed E-state index contributed by atoms with van der Waals surface area (Å²) in [6, 6.07) is 38.0. The third-order valence-corrected chi connectivity index (χ3v) is 6.56. The molecular formula is C30H20N2O. The summed E-state index contributed by atoms with van der Waals surface area (Å²) in [5.41, 5.74) is 14.6. The van der Waals surface area contributed by atoms with Crippen LogP contribution in [0.4, 0.5) is 5.69 Å². The van der Waals surface area contributed by atoms with Crippen LogP contribution >= 0.6 is 0 Å². The van der Waals surface area contributed by atoms with Gasteiger partial charge in [-0.25, -0.2) is 0 Å². The first-order chi connectivity index (χ1) is 16.3. The highest BCUT2D eigenvalue weighted by Crippen LogP contribution is 2.39. The summed E-state index contributed by atoms with van der Waals surface area (Å²) < 4.78 is 8.42. The van der Waals surface area contributed by atoms with Crippen LogP contribution in [0.3, 0.4) is 0 Å². The molecule has 2 aromatic heterocycles. The summed E-state index contributed by atoms with van der Waals surface area (Å²) in [7, 11) is 0. The number of nitrogens with two attached hydrogens (primary N) is 1. The lowest BCUT2D eigenvalue weighted by molar-refractivity contribution is 0.669. The molecule has 5 aromatic carbocycles. The number of nitrogens with zero attached hydrogens (tertiary/aromatic N) is 1. The van der Waals surface area contributed by atoms with Gasteiger partial charge in [0, 0.05) is 27.4 Å². The second-order valence-corrected chi connectivity index (χ2v) is 8.42. The average molecular weight is 425 g/mol. The van der Waals surface area contributed by atoms with Gasteiger partial charge < -0.3 is 14.7 Å². The second-order valence-electron chi connectivity index (χ2n) is 8.42. The van der Waals surface area contributed by atoms with Crippen LogP contribution in [0.1, 0.15) is 0 Å². The number of benzene rings is 5. The minimum absolute atomic E-state index is 0.735. The maximum Gasteiger partial charge on any atom is 0.137 e. The number of rotatable bonds is 2. The molecule has 3 heteroatoms. The fourth-order valence-electron chi connectivity index (χ4n) is 5.12. The van der Waals surface area contributed by atoms with E-state index >= 15 is 0 Å². The molecule has 2 N–H and O–H groups in total. The van der Waals surface area contributed by atoms with Gasteiger partial charge in [0.15, 0.2) is 0 Å². The monoisotopic (exact) mass is 424 g/mol. The molecule has 33 heavy (non-hydrogen) atoms. The number of hydrogen-bond acceptors (Lipinski definition) is 2. The molecule has 0 saturated carbocycles.